The topological polar surface area (TPSA) is 47.4 Å². The first-order valence-corrected chi connectivity index (χ1v) is 6.98. The molecule has 0 atom stereocenters. The Morgan fingerprint density at radius 1 is 1.33 bits per heavy atom. The summed E-state index contributed by atoms with van der Waals surface area (Å²) in [5.74, 6) is -0.210. The number of esters is 1. The number of carbonyl (C=O) groups is 1. The second kappa shape index (κ2) is 7.04. The molecule has 0 radical (unpaired) electrons. The Labute approximate surface area is 125 Å². The van der Waals surface area contributed by atoms with Gasteiger partial charge in [-0.05, 0) is 31.5 Å². The van der Waals surface area contributed by atoms with E-state index in [4.69, 9.17) is 4.74 Å². The van der Waals surface area contributed by atoms with Crippen LogP contribution >= 0.6 is 0 Å². The van der Waals surface area contributed by atoms with Crippen LogP contribution in [0.15, 0.2) is 43.0 Å². The molecule has 0 N–H and O–H groups in total. The summed E-state index contributed by atoms with van der Waals surface area (Å²) in [5.41, 5.74) is 2.23. The summed E-state index contributed by atoms with van der Waals surface area (Å²) in [7, 11) is 1.42. The van der Waals surface area contributed by atoms with Crippen LogP contribution in [-0.2, 0) is 16.1 Å². The maximum Gasteiger partial charge on any atom is 0.319 e. The molecule has 112 valence electrons. The molecule has 1 aromatic heterocycles. The first-order valence-electron chi connectivity index (χ1n) is 6.98. The minimum Gasteiger partial charge on any atom is -0.468 e. The molecule has 2 rings (SSSR count). The van der Waals surface area contributed by atoms with Gasteiger partial charge in [-0.25, -0.2) is 4.98 Å². The fraction of sp³-hybridized carbons (Fsp3) is 0.375. The molecule has 2 aromatic rings. The number of ether oxygens (including phenoxy) is 1. The van der Waals surface area contributed by atoms with Crippen molar-refractivity contribution >= 4 is 5.97 Å². The SMILES string of the molecule is COC(=O)CN(Cc1ccc(-n2ccnc2)cc1)C(C)C. The summed E-state index contributed by atoms with van der Waals surface area (Å²) in [6, 6.07) is 8.52. The van der Waals surface area contributed by atoms with Crippen molar-refractivity contribution in [1.82, 2.24) is 14.5 Å². The van der Waals surface area contributed by atoms with E-state index in [1.165, 1.54) is 7.11 Å². The van der Waals surface area contributed by atoms with Crippen LogP contribution in [0.1, 0.15) is 19.4 Å². The lowest BCUT2D eigenvalue weighted by molar-refractivity contribution is -0.142. The van der Waals surface area contributed by atoms with Gasteiger partial charge in [-0.3, -0.25) is 9.69 Å². The number of methoxy groups -OCH3 is 1. The molecule has 1 aromatic carbocycles. The highest BCUT2D eigenvalue weighted by atomic mass is 16.5. The molecule has 0 spiro atoms. The quantitative estimate of drug-likeness (QED) is 0.765. The lowest BCUT2D eigenvalue weighted by Crippen LogP contribution is -2.35. The normalized spacial score (nSPS) is 11.1. The number of carbonyl (C=O) groups excluding carboxylic acids is 1. The van der Waals surface area contributed by atoms with Gasteiger partial charge in [-0.15, -0.1) is 0 Å². The van der Waals surface area contributed by atoms with Crippen molar-refractivity contribution in [2.24, 2.45) is 0 Å². The summed E-state index contributed by atoms with van der Waals surface area (Å²) >= 11 is 0. The van der Waals surface area contributed by atoms with Gasteiger partial charge in [0, 0.05) is 30.7 Å². The van der Waals surface area contributed by atoms with E-state index in [0.717, 1.165) is 17.8 Å². The van der Waals surface area contributed by atoms with Crippen LogP contribution in [0, 0.1) is 0 Å². The highest BCUT2D eigenvalue weighted by Crippen LogP contribution is 2.12. The minimum absolute atomic E-state index is 0.210. The van der Waals surface area contributed by atoms with Gasteiger partial charge in [-0.1, -0.05) is 12.1 Å². The van der Waals surface area contributed by atoms with Crippen molar-refractivity contribution in [2.75, 3.05) is 13.7 Å². The number of hydrogen-bond donors (Lipinski definition) is 0. The average Bonchev–Trinajstić information content (AvgIpc) is 3.01. The van der Waals surface area contributed by atoms with Crippen molar-refractivity contribution < 1.29 is 9.53 Å². The third-order valence-corrected chi connectivity index (χ3v) is 3.41. The summed E-state index contributed by atoms with van der Waals surface area (Å²) in [4.78, 5) is 17.6. The second-order valence-corrected chi connectivity index (χ2v) is 5.21. The Kier molecular flexibility index (Phi) is 5.11. The first kappa shape index (κ1) is 15.3. The molecule has 21 heavy (non-hydrogen) atoms. The number of imidazole rings is 1. The molecular weight excluding hydrogens is 266 g/mol. The van der Waals surface area contributed by atoms with Gasteiger partial charge in [0.05, 0.1) is 20.0 Å². The Bertz CT molecular complexity index is 562. The molecule has 1 heterocycles. The predicted molar refractivity (Wildman–Crippen MR) is 81.1 cm³/mol. The smallest absolute Gasteiger partial charge is 0.319 e. The number of benzene rings is 1. The van der Waals surface area contributed by atoms with Crippen LogP contribution in [-0.4, -0.2) is 40.1 Å². The fourth-order valence-corrected chi connectivity index (χ4v) is 2.07. The number of hydrogen-bond acceptors (Lipinski definition) is 4. The second-order valence-electron chi connectivity index (χ2n) is 5.21. The lowest BCUT2D eigenvalue weighted by atomic mass is 10.1. The van der Waals surface area contributed by atoms with E-state index in [2.05, 4.69) is 35.9 Å². The predicted octanol–water partition coefficient (Wildman–Crippen LogP) is 2.26. The molecule has 0 bridgehead atoms. The Balaban J connectivity index is 2.05. The zero-order valence-corrected chi connectivity index (χ0v) is 12.7. The number of nitrogens with zero attached hydrogens (tertiary/aromatic N) is 3. The zero-order valence-electron chi connectivity index (χ0n) is 12.7. The minimum atomic E-state index is -0.210. The van der Waals surface area contributed by atoms with Crippen molar-refractivity contribution in [2.45, 2.75) is 26.4 Å². The lowest BCUT2D eigenvalue weighted by Gasteiger charge is -2.25. The third-order valence-electron chi connectivity index (χ3n) is 3.41. The van der Waals surface area contributed by atoms with Crippen molar-refractivity contribution in [3.05, 3.63) is 48.5 Å². The molecule has 5 heteroatoms. The van der Waals surface area contributed by atoms with Gasteiger partial charge < -0.3 is 9.30 Å². The molecule has 0 saturated carbocycles. The molecule has 0 amide bonds. The largest absolute Gasteiger partial charge is 0.468 e. The van der Waals surface area contributed by atoms with E-state index in [9.17, 15) is 4.79 Å². The van der Waals surface area contributed by atoms with Crippen molar-refractivity contribution in [3.8, 4) is 5.69 Å². The summed E-state index contributed by atoms with van der Waals surface area (Å²) in [5, 5.41) is 0. The molecule has 0 aliphatic rings. The Morgan fingerprint density at radius 2 is 2.05 bits per heavy atom. The van der Waals surface area contributed by atoms with Crippen molar-refractivity contribution in [3.63, 3.8) is 0 Å². The van der Waals surface area contributed by atoms with Gasteiger partial charge >= 0.3 is 5.97 Å². The van der Waals surface area contributed by atoms with Gasteiger partial charge in [0.25, 0.3) is 0 Å². The number of aromatic nitrogens is 2. The highest BCUT2D eigenvalue weighted by Gasteiger charge is 2.14. The molecule has 5 nitrogen and oxygen atoms in total. The molecule has 0 fully saturated rings. The van der Waals surface area contributed by atoms with Gasteiger partial charge in [0.2, 0.25) is 0 Å². The molecular formula is C16H21N3O2. The number of rotatable bonds is 6. The molecule has 0 unspecified atom stereocenters. The van der Waals surface area contributed by atoms with Crippen LogP contribution in [0.4, 0.5) is 0 Å². The van der Waals surface area contributed by atoms with Gasteiger partial charge in [0.1, 0.15) is 0 Å². The molecule has 0 saturated heterocycles. The van der Waals surface area contributed by atoms with E-state index in [-0.39, 0.29) is 12.0 Å². The molecule has 0 aliphatic heterocycles. The monoisotopic (exact) mass is 287 g/mol. The fourth-order valence-electron chi connectivity index (χ4n) is 2.07. The zero-order chi connectivity index (χ0) is 15.2. The van der Waals surface area contributed by atoms with E-state index >= 15 is 0 Å². The van der Waals surface area contributed by atoms with Crippen LogP contribution in [0.25, 0.3) is 5.69 Å². The highest BCUT2D eigenvalue weighted by molar-refractivity contribution is 5.71. The summed E-state index contributed by atoms with van der Waals surface area (Å²) in [6.45, 7) is 5.17. The third kappa shape index (κ3) is 4.16. The summed E-state index contributed by atoms with van der Waals surface area (Å²) in [6.07, 6.45) is 5.43. The van der Waals surface area contributed by atoms with E-state index in [0.29, 0.717) is 6.54 Å². The van der Waals surface area contributed by atoms with Gasteiger partial charge in [0.15, 0.2) is 0 Å². The van der Waals surface area contributed by atoms with Crippen molar-refractivity contribution in [1.29, 1.82) is 0 Å². The van der Waals surface area contributed by atoms with Crippen LogP contribution in [0.3, 0.4) is 0 Å². The molecule has 0 aliphatic carbocycles. The standard InChI is InChI=1S/C16H21N3O2/c1-13(2)19(11-16(20)21-3)10-14-4-6-15(7-5-14)18-9-8-17-12-18/h4-9,12-13H,10-11H2,1-3H3. The maximum absolute atomic E-state index is 11.5. The van der Waals surface area contributed by atoms with E-state index in [1.807, 2.05) is 22.9 Å². The van der Waals surface area contributed by atoms with Gasteiger partial charge in [-0.2, -0.15) is 0 Å². The van der Waals surface area contributed by atoms with Crippen LogP contribution < -0.4 is 0 Å². The van der Waals surface area contributed by atoms with Crippen LogP contribution in [0.5, 0.6) is 0 Å². The maximum atomic E-state index is 11.5. The van der Waals surface area contributed by atoms with E-state index < -0.39 is 0 Å². The van der Waals surface area contributed by atoms with Crippen LogP contribution in [0.2, 0.25) is 0 Å². The summed E-state index contributed by atoms with van der Waals surface area (Å²) < 4.78 is 6.70. The Hall–Kier alpha value is -2.14. The average molecular weight is 287 g/mol. The van der Waals surface area contributed by atoms with E-state index in [1.54, 1.807) is 12.5 Å². The Morgan fingerprint density at radius 3 is 2.57 bits per heavy atom. The first-order chi connectivity index (χ1) is 10.1.